The molecule has 0 unspecified atom stereocenters. The molecule has 0 radical (unpaired) electrons. The topological polar surface area (TPSA) is 44.1 Å². The lowest BCUT2D eigenvalue weighted by molar-refractivity contribution is 0.0536. The maximum atomic E-state index is 12.1. The van der Waals surface area contributed by atoms with Crippen molar-refractivity contribution in [3.05, 3.63) is 41.2 Å². The van der Waals surface area contributed by atoms with Crippen molar-refractivity contribution in [3.8, 4) is 11.3 Å². The molecule has 0 fully saturated rings. The number of carbonyl (C=O) groups is 1. The lowest BCUT2D eigenvalue weighted by atomic mass is 10.2. The van der Waals surface area contributed by atoms with Crippen molar-refractivity contribution < 1.29 is 12.3 Å². The van der Waals surface area contributed by atoms with Crippen LogP contribution in [0.5, 0.6) is 0 Å². The van der Waals surface area contributed by atoms with Gasteiger partial charge in [-0.1, -0.05) is 28.1 Å². The zero-order valence-corrected chi connectivity index (χ0v) is 12.5. The summed E-state index contributed by atoms with van der Waals surface area (Å²) in [5, 5.41) is 0. The first-order valence-corrected chi connectivity index (χ1v) is 6.53. The van der Waals surface area contributed by atoms with Gasteiger partial charge >= 0.3 is 6.09 Å². The Morgan fingerprint density at radius 1 is 1.37 bits per heavy atom. The molecule has 0 atom stereocenters. The second-order valence-electron chi connectivity index (χ2n) is 4.99. The number of rotatable bonds is 1. The lowest BCUT2D eigenvalue weighted by Crippen LogP contribution is -2.26. The highest BCUT2D eigenvalue weighted by Crippen LogP contribution is 2.20. The Balaban J connectivity index is 2.42. The van der Waals surface area contributed by atoms with Gasteiger partial charge in [0.05, 0.1) is 7.06 Å². The predicted molar refractivity (Wildman–Crippen MR) is 77.0 cm³/mol. The third kappa shape index (κ3) is 3.67. The summed E-state index contributed by atoms with van der Waals surface area (Å²) in [6.45, 7) is 5.18. The van der Waals surface area contributed by atoms with E-state index in [-0.39, 0.29) is 18.2 Å². The van der Waals surface area contributed by atoms with Crippen molar-refractivity contribution in [2.24, 2.45) is 0 Å². The standard InChI is InChI=1S/C14H15BrN2O2/c1-14(2,3)19-13(18)17-8-12(16-9-17)10-4-6-11(15)7-5-10/h4-9H,1-3H3/i8D,9D. The number of aromatic nitrogens is 2. The summed E-state index contributed by atoms with van der Waals surface area (Å²) < 4.78 is 22.8. The SMILES string of the molecule is [2H]c1nc(-c2ccc(Br)cc2)c([2H])n1C(=O)OC(C)(C)C. The Morgan fingerprint density at radius 3 is 2.58 bits per heavy atom. The van der Waals surface area contributed by atoms with Crippen LogP contribution in [0, 0.1) is 0 Å². The van der Waals surface area contributed by atoms with Crippen LogP contribution in [-0.2, 0) is 4.74 Å². The highest BCUT2D eigenvalue weighted by molar-refractivity contribution is 9.10. The van der Waals surface area contributed by atoms with E-state index in [1.165, 1.54) is 0 Å². The average Bonchev–Trinajstić information content (AvgIpc) is 2.63. The van der Waals surface area contributed by atoms with Crippen molar-refractivity contribution in [1.82, 2.24) is 9.55 Å². The molecule has 0 spiro atoms. The molecule has 0 saturated carbocycles. The first kappa shape index (κ1) is 11.2. The molecule has 19 heavy (non-hydrogen) atoms. The lowest BCUT2D eigenvalue weighted by Gasteiger charge is -2.19. The zero-order chi connectivity index (χ0) is 15.8. The van der Waals surface area contributed by atoms with Crippen LogP contribution in [0.1, 0.15) is 23.5 Å². The largest absolute Gasteiger partial charge is 0.443 e. The van der Waals surface area contributed by atoms with Gasteiger partial charge in [-0.15, -0.1) is 0 Å². The second kappa shape index (κ2) is 5.17. The Hall–Kier alpha value is -1.62. The molecule has 0 bridgehead atoms. The van der Waals surface area contributed by atoms with Crippen molar-refractivity contribution in [2.45, 2.75) is 26.4 Å². The van der Waals surface area contributed by atoms with Crippen molar-refractivity contribution in [2.75, 3.05) is 0 Å². The maximum Gasteiger partial charge on any atom is 0.419 e. The van der Waals surface area contributed by atoms with Gasteiger partial charge in [-0.2, -0.15) is 0 Å². The Morgan fingerprint density at radius 2 is 2.00 bits per heavy atom. The third-order valence-corrected chi connectivity index (χ3v) is 2.70. The van der Waals surface area contributed by atoms with Crippen LogP contribution in [0.15, 0.2) is 41.2 Å². The number of halogens is 1. The molecule has 0 aliphatic carbocycles. The van der Waals surface area contributed by atoms with Crippen LogP contribution in [0.3, 0.4) is 0 Å². The molecule has 2 rings (SSSR count). The smallest absolute Gasteiger partial charge is 0.419 e. The number of hydrogen-bond donors (Lipinski definition) is 0. The average molecular weight is 325 g/mol. The number of imidazole rings is 1. The summed E-state index contributed by atoms with van der Waals surface area (Å²) in [4.78, 5) is 16.0. The second-order valence-corrected chi connectivity index (χ2v) is 5.91. The number of carbonyl (C=O) groups excluding carboxylic acids is 1. The van der Waals surface area contributed by atoms with Crippen LogP contribution >= 0.6 is 15.9 Å². The van der Waals surface area contributed by atoms with E-state index in [9.17, 15) is 4.79 Å². The van der Waals surface area contributed by atoms with E-state index in [4.69, 9.17) is 7.48 Å². The molecule has 1 aromatic heterocycles. The van der Waals surface area contributed by atoms with E-state index in [0.29, 0.717) is 5.56 Å². The van der Waals surface area contributed by atoms with Gasteiger partial charge in [-0.25, -0.2) is 14.3 Å². The summed E-state index contributed by atoms with van der Waals surface area (Å²) in [6.07, 6.45) is -1.24. The van der Waals surface area contributed by atoms with Crippen molar-refractivity contribution >= 4 is 22.0 Å². The van der Waals surface area contributed by atoms with Gasteiger partial charge in [0.25, 0.3) is 0 Å². The summed E-state index contributed by atoms with van der Waals surface area (Å²) in [6, 6.07) is 7.16. The number of ether oxygens (including phenoxy) is 1. The summed E-state index contributed by atoms with van der Waals surface area (Å²) in [5.41, 5.74) is 0.246. The van der Waals surface area contributed by atoms with Gasteiger partial charge in [0, 0.05) is 16.2 Å². The highest BCUT2D eigenvalue weighted by atomic mass is 79.9. The molecule has 2 aromatic rings. The van der Waals surface area contributed by atoms with Gasteiger partial charge in [0.2, 0.25) is 0 Å². The van der Waals surface area contributed by atoms with E-state index < -0.39 is 11.7 Å². The maximum absolute atomic E-state index is 12.1. The van der Waals surface area contributed by atoms with E-state index >= 15 is 0 Å². The van der Waals surface area contributed by atoms with Gasteiger partial charge < -0.3 is 4.74 Å². The van der Waals surface area contributed by atoms with Crippen LogP contribution in [0.4, 0.5) is 4.79 Å². The Labute approximate surface area is 123 Å². The van der Waals surface area contributed by atoms with Crippen molar-refractivity contribution in [3.63, 3.8) is 0 Å². The van der Waals surface area contributed by atoms with Crippen LogP contribution < -0.4 is 0 Å². The molecular weight excluding hydrogens is 308 g/mol. The van der Waals surface area contributed by atoms with Crippen LogP contribution in [0.25, 0.3) is 11.3 Å². The van der Waals surface area contributed by atoms with E-state index in [1.807, 2.05) is 12.1 Å². The molecule has 0 aliphatic rings. The van der Waals surface area contributed by atoms with Crippen LogP contribution in [0.2, 0.25) is 0 Å². The molecule has 0 amide bonds. The van der Waals surface area contributed by atoms with Gasteiger partial charge in [0.15, 0.2) is 0 Å². The molecule has 0 N–H and O–H groups in total. The highest BCUT2D eigenvalue weighted by Gasteiger charge is 2.18. The van der Waals surface area contributed by atoms with Gasteiger partial charge in [0.1, 0.15) is 13.3 Å². The number of hydrogen-bond acceptors (Lipinski definition) is 3. The Bertz CT molecular complexity index is 676. The normalized spacial score (nSPS) is 12.8. The zero-order valence-electron chi connectivity index (χ0n) is 12.9. The minimum Gasteiger partial charge on any atom is -0.443 e. The summed E-state index contributed by atoms with van der Waals surface area (Å²) >= 11 is 3.33. The minimum atomic E-state index is -0.770. The molecule has 100 valence electrons. The number of benzene rings is 1. The number of nitrogens with zero attached hydrogens (tertiary/aromatic N) is 2. The fraction of sp³-hybridized carbons (Fsp3) is 0.286. The quantitative estimate of drug-likeness (QED) is 0.793. The first-order valence-electron chi connectivity index (χ1n) is 6.74. The van der Waals surface area contributed by atoms with E-state index in [2.05, 4.69) is 20.9 Å². The molecule has 0 saturated heterocycles. The fourth-order valence-corrected chi connectivity index (χ4v) is 1.65. The molecule has 0 aliphatic heterocycles. The summed E-state index contributed by atoms with van der Waals surface area (Å²) in [7, 11) is 0. The fourth-order valence-electron chi connectivity index (χ4n) is 1.39. The molecule has 5 heteroatoms. The predicted octanol–water partition coefficient (Wildman–Crippen LogP) is 4.10. The monoisotopic (exact) mass is 324 g/mol. The summed E-state index contributed by atoms with van der Waals surface area (Å²) in [5.74, 6) is 0. The van der Waals surface area contributed by atoms with Gasteiger partial charge in [-0.05, 0) is 32.9 Å². The first-order chi connectivity index (χ1) is 9.69. The Kier molecular flexibility index (Phi) is 3.05. The van der Waals surface area contributed by atoms with Crippen LogP contribution in [-0.4, -0.2) is 21.2 Å². The molecular formula is C14H15BrN2O2. The third-order valence-electron chi connectivity index (χ3n) is 2.17. The molecule has 1 aromatic carbocycles. The van der Waals surface area contributed by atoms with E-state index in [1.54, 1.807) is 32.9 Å². The van der Waals surface area contributed by atoms with E-state index in [0.717, 1.165) is 9.04 Å². The van der Waals surface area contributed by atoms with Crippen molar-refractivity contribution in [1.29, 1.82) is 0 Å². The molecule has 4 nitrogen and oxygen atoms in total. The molecule has 1 heterocycles. The van der Waals surface area contributed by atoms with Gasteiger partial charge in [-0.3, -0.25) is 0 Å². The minimum absolute atomic E-state index is 0.156.